The van der Waals surface area contributed by atoms with E-state index in [1.54, 1.807) is 11.3 Å². The zero-order chi connectivity index (χ0) is 13.0. The highest BCUT2D eigenvalue weighted by molar-refractivity contribution is 9.10. The van der Waals surface area contributed by atoms with E-state index in [1.807, 2.05) is 5.51 Å². The van der Waals surface area contributed by atoms with Gasteiger partial charge in [-0.2, -0.15) is 0 Å². The average Bonchev–Trinajstić information content (AvgIpc) is 2.85. The molecule has 0 bridgehead atoms. The second-order valence-electron chi connectivity index (χ2n) is 4.20. The molecule has 2 rings (SSSR count). The molecular weight excluding hydrogens is 310 g/mol. The molecule has 0 saturated carbocycles. The van der Waals surface area contributed by atoms with Crippen LogP contribution in [0.2, 0.25) is 0 Å². The minimum atomic E-state index is 0.222. The van der Waals surface area contributed by atoms with Crippen molar-refractivity contribution in [2.24, 2.45) is 5.73 Å². The molecule has 2 aromatic rings. The molecule has 0 aliphatic heterocycles. The first kappa shape index (κ1) is 13.7. The molecule has 0 aliphatic carbocycles. The lowest BCUT2D eigenvalue weighted by Crippen LogP contribution is -2.30. The summed E-state index contributed by atoms with van der Waals surface area (Å²) in [6.07, 6.45) is 0. The van der Waals surface area contributed by atoms with E-state index in [9.17, 15) is 0 Å². The number of benzene rings is 1. The quantitative estimate of drug-likeness (QED) is 0.918. The summed E-state index contributed by atoms with van der Waals surface area (Å²) in [5.74, 6) is 0. The van der Waals surface area contributed by atoms with Crippen LogP contribution in [0.5, 0.6) is 0 Å². The summed E-state index contributed by atoms with van der Waals surface area (Å²) in [7, 11) is 2.08. The van der Waals surface area contributed by atoms with E-state index in [0.717, 1.165) is 16.7 Å². The van der Waals surface area contributed by atoms with Crippen LogP contribution in [0.4, 0.5) is 0 Å². The summed E-state index contributed by atoms with van der Waals surface area (Å²) in [6, 6.07) is 8.54. The average molecular weight is 326 g/mol. The maximum absolute atomic E-state index is 5.90. The standard InChI is InChI=1S/C13H16BrN3S/c1-17(7-12-8-18-9-16-12)13(6-15)10-2-4-11(14)5-3-10/h2-5,8-9,13H,6-7,15H2,1H3. The van der Waals surface area contributed by atoms with Crippen LogP contribution in [-0.4, -0.2) is 23.5 Å². The van der Waals surface area contributed by atoms with Crippen LogP contribution in [0.15, 0.2) is 39.6 Å². The summed E-state index contributed by atoms with van der Waals surface area (Å²) >= 11 is 5.07. The van der Waals surface area contributed by atoms with Gasteiger partial charge in [0, 0.05) is 29.0 Å². The SMILES string of the molecule is CN(Cc1cscn1)C(CN)c1ccc(Br)cc1. The van der Waals surface area contributed by atoms with Crippen LogP contribution in [0.25, 0.3) is 0 Å². The summed E-state index contributed by atoms with van der Waals surface area (Å²) in [5, 5.41) is 2.08. The lowest BCUT2D eigenvalue weighted by molar-refractivity contribution is 0.239. The van der Waals surface area contributed by atoms with E-state index in [0.29, 0.717) is 6.54 Å². The highest BCUT2D eigenvalue weighted by Crippen LogP contribution is 2.22. The molecule has 0 aliphatic rings. The highest BCUT2D eigenvalue weighted by atomic mass is 79.9. The third-order valence-electron chi connectivity index (χ3n) is 2.90. The molecule has 0 radical (unpaired) electrons. The number of hydrogen-bond acceptors (Lipinski definition) is 4. The summed E-state index contributed by atoms with van der Waals surface area (Å²) in [6.45, 7) is 1.42. The number of nitrogens with two attached hydrogens (primary N) is 1. The molecule has 1 heterocycles. The van der Waals surface area contributed by atoms with Gasteiger partial charge in [0.1, 0.15) is 0 Å². The van der Waals surface area contributed by atoms with Crippen molar-refractivity contribution >= 4 is 27.3 Å². The monoisotopic (exact) mass is 325 g/mol. The Morgan fingerprint density at radius 2 is 2.11 bits per heavy atom. The number of halogens is 1. The molecule has 3 nitrogen and oxygen atoms in total. The van der Waals surface area contributed by atoms with Crippen molar-refractivity contribution in [3.05, 3.63) is 50.9 Å². The fourth-order valence-corrected chi connectivity index (χ4v) is 2.75. The van der Waals surface area contributed by atoms with Crippen molar-refractivity contribution < 1.29 is 0 Å². The molecular formula is C13H16BrN3S. The molecule has 1 unspecified atom stereocenters. The predicted octanol–water partition coefficient (Wildman–Crippen LogP) is 3.04. The maximum Gasteiger partial charge on any atom is 0.0795 e. The van der Waals surface area contributed by atoms with Crippen molar-refractivity contribution in [3.8, 4) is 0 Å². The lowest BCUT2D eigenvalue weighted by atomic mass is 10.1. The van der Waals surface area contributed by atoms with Crippen molar-refractivity contribution in [1.82, 2.24) is 9.88 Å². The van der Waals surface area contributed by atoms with E-state index < -0.39 is 0 Å². The summed E-state index contributed by atoms with van der Waals surface area (Å²) in [5.41, 5.74) is 10.1. The second-order valence-corrected chi connectivity index (χ2v) is 5.83. The number of likely N-dealkylation sites (N-methyl/N-ethyl adjacent to an activating group) is 1. The van der Waals surface area contributed by atoms with E-state index in [2.05, 4.69) is 62.5 Å². The Morgan fingerprint density at radius 3 is 2.67 bits per heavy atom. The lowest BCUT2D eigenvalue weighted by Gasteiger charge is -2.26. The van der Waals surface area contributed by atoms with Crippen molar-refractivity contribution in [2.45, 2.75) is 12.6 Å². The highest BCUT2D eigenvalue weighted by Gasteiger charge is 2.16. The number of nitrogens with zero attached hydrogens (tertiary/aromatic N) is 2. The number of aromatic nitrogens is 1. The predicted molar refractivity (Wildman–Crippen MR) is 79.5 cm³/mol. The molecule has 0 saturated heterocycles. The summed E-state index contributed by atoms with van der Waals surface area (Å²) < 4.78 is 1.09. The van der Waals surface area contributed by atoms with Crippen molar-refractivity contribution in [2.75, 3.05) is 13.6 Å². The maximum atomic E-state index is 5.90. The third-order valence-corrected chi connectivity index (χ3v) is 4.07. The first-order valence-corrected chi connectivity index (χ1v) is 7.47. The van der Waals surface area contributed by atoms with Crippen LogP contribution in [0, 0.1) is 0 Å². The molecule has 1 aromatic heterocycles. The van der Waals surface area contributed by atoms with Gasteiger partial charge in [-0.25, -0.2) is 4.98 Å². The van der Waals surface area contributed by atoms with Crippen LogP contribution in [0.3, 0.4) is 0 Å². The van der Waals surface area contributed by atoms with E-state index in [4.69, 9.17) is 5.73 Å². The smallest absolute Gasteiger partial charge is 0.0795 e. The minimum absolute atomic E-state index is 0.222. The molecule has 0 spiro atoms. The van der Waals surface area contributed by atoms with Gasteiger partial charge in [0.2, 0.25) is 0 Å². The molecule has 1 atom stereocenters. The van der Waals surface area contributed by atoms with Gasteiger partial charge in [-0.05, 0) is 24.7 Å². The van der Waals surface area contributed by atoms with Crippen LogP contribution in [0.1, 0.15) is 17.3 Å². The van der Waals surface area contributed by atoms with E-state index in [-0.39, 0.29) is 6.04 Å². The summed E-state index contributed by atoms with van der Waals surface area (Å²) in [4.78, 5) is 6.54. The zero-order valence-electron chi connectivity index (χ0n) is 10.2. The van der Waals surface area contributed by atoms with Crippen LogP contribution in [-0.2, 0) is 6.54 Å². The van der Waals surface area contributed by atoms with Gasteiger partial charge in [-0.3, -0.25) is 4.90 Å². The van der Waals surface area contributed by atoms with Gasteiger partial charge in [0.15, 0.2) is 0 Å². The fourth-order valence-electron chi connectivity index (χ4n) is 1.94. The Morgan fingerprint density at radius 1 is 1.39 bits per heavy atom. The molecule has 1 aromatic carbocycles. The number of hydrogen-bond donors (Lipinski definition) is 1. The first-order chi connectivity index (χ1) is 8.70. The topological polar surface area (TPSA) is 42.2 Å². The Labute approximate surface area is 120 Å². The second kappa shape index (κ2) is 6.43. The van der Waals surface area contributed by atoms with Crippen LogP contribution >= 0.6 is 27.3 Å². The van der Waals surface area contributed by atoms with E-state index in [1.165, 1.54) is 5.56 Å². The van der Waals surface area contributed by atoms with Gasteiger partial charge < -0.3 is 5.73 Å². The van der Waals surface area contributed by atoms with Gasteiger partial charge >= 0.3 is 0 Å². The number of rotatable bonds is 5. The van der Waals surface area contributed by atoms with Gasteiger partial charge in [-0.15, -0.1) is 11.3 Å². The Bertz CT molecular complexity index is 469. The Kier molecular flexibility index (Phi) is 4.88. The third kappa shape index (κ3) is 3.38. The van der Waals surface area contributed by atoms with Crippen LogP contribution < -0.4 is 5.73 Å². The van der Waals surface area contributed by atoms with Gasteiger partial charge in [0.05, 0.1) is 11.2 Å². The van der Waals surface area contributed by atoms with Crippen molar-refractivity contribution in [1.29, 1.82) is 0 Å². The zero-order valence-corrected chi connectivity index (χ0v) is 12.6. The molecule has 96 valence electrons. The fraction of sp³-hybridized carbons (Fsp3) is 0.308. The molecule has 18 heavy (non-hydrogen) atoms. The van der Waals surface area contributed by atoms with Gasteiger partial charge in [0.25, 0.3) is 0 Å². The molecule has 0 fully saturated rings. The minimum Gasteiger partial charge on any atom is -0.329 e. The molecule has 2 N–H and O–H groups in total. The van der Waals surface area contributed by atoms with Gasteiger partial charge in [-0.1, -0.05) is 28.1 Å². The Hall–Kier alpha value is -0.750. The van der Waals surface area contributed by atoms with E-state index >= 15 is 0 Å². The number of thiazole rings is 1. The molecule has 5 heteroatoms. The molecule has 0 amide bonds. The largest absolute Gasteiger partial charge is 0.329 e. The first-order valence-electron chi connectivity index (χ1n) is 5.73. The Balaban J connectivity index is 2.10. The normalized spacial score (nSPS) is 12.9. The van der Waals surface area contributed by atoms with Crippen molar-refractivity contribution in [3.63, 3.8) is 0 Å².